The highest BCUT2D eigenvalue weighted by Gasteiger charge is 2.43. The molecule has 432 valence electrons. The first kappa shape index (κ1) is 62.9. The summed E-state index contributed by atoms with van der Waals surface area (Å²) in [6, 6.07) is 42.6. The van der Waals surface area contributed by atoms with Crippen LogP contribution in [0.5, 0.6) is 34.5 Å². The molecule has 0 spiro atoms. The van der Waals surface area contributed by atoms with Gasteiger partial charge in [-0.1, -0.05) is 76.2 Å². The number of hydrogen-bond donors (Lipinski definition) is 0. The smallest absolute Gasteiger partial charge is 0.316 e. The molecule has 0 heterocycles. The number of rotatable bonds is 26. The van der Waals surface area contributed by atoms with E-state index in [9.17, 15) is 27.6 Å². The van der Waals surface area contributed by atoms with E-state index in [1.165, 1.54) is 38.5 Å². The Kier molecular flexibility index (Phi) is 19.9. The highest BCUT2D eigenvalue weighted by molar-refractivity contribution is 7.91. The number of carbonyl (C=O) groups is 4. The number of methoxy groups -OCH3 is 2. The van der Waals surface area contributed by atoms with Crippen molar-refractivity contribution in [2.75, 3.05) is 40.6 Å². The second kappa shape index (κ2) is 25.6. The van der Waals surface area contributed by atoms with Gasteiger partial charge in [0.15, 0.2) is 0 Å². The maximum absolute atomic E-state index is 13.7. The van der Waals surface area contributed by atoms with E-state index in [2.05, 4.69) is 27.7 Å². The molecule has 0 N–H and O–H groups in total. The van der Waals surface area contributed by atoms with Gasteiger partial charge in [-0.3, -0.25) is 19.2 Å². The Hall–Kier alpha value is -7.33. The fourth-order valence-corrected chi connectivity index (χ4v) is 10.9. The summed E-state index contributed by atoms with van der Waals surface area (Å²) in [4.78, 5) is 52.2. The third-order valence-corrected chi connectivity index (χ3v) is 16.3. The third kappa shape index (κ3) is 16.0. The summed E-state index contributed by atoms with van der Waals surface area (Å²) in [7, 11) is -0.808. The summed E-state index contributed by atoms with van der Waals surface area (Å²) < 4.78 is 71.8. The number of sulfone groups is 1. The molecule has 0 aromatic heterocycles. The average molecular weight is 1130 g/mol. The largest absolute Gasteiger partial charge is 0.463 e. The predicted molar refractivity (Wildman–Crippen MR) is 310 cm³/mol. The number of esters is 4. The van der Waals surface area contributed by atoms with E-state index in [0.717, 1.165) is 22.3 Å². The lowest BCUT2D eigenvalue weighted by Crippen LogP contribution is -2.38. The van der Waals surface area contributed by atoms with E-state index in [1.807, 2.05) is 72.8 Å². The van der Waals surface area contributed by atoms with Crippen molar-refractivity contribution in [1.29, 1.82) is 0 Å². The van der Waals surface area contributed by atoms with Crippen LogP contribution in [0.25, 0.3) is 0 Å². The van der Waals surface area contributed by atoms with E-state index in [-0.39, 0.29) is 35.8 Å². The highest BCUT2D eigenvalue weighted by atomic mass is 32.2. The van der Waals surface area contributed by atoms with Gasteiger partial charge in [0.05, 0.1) is 44.7 Å². The highest BCUT2D eigenvalue weighted by Crippen LogP contribution is 2.40. The zero-order valence-corrected chi connectivity index (χ0v) is 50.0. The first-order valence-corrected chi connectivity index (χ1v) is 28.4. The Morgan fingerprint density at radius 1 is 0.333 bits per heavy atom. The Balaban J connectivity index is 0.996. The minimum absolute atomic E-state index is 0.109. The zero-order valence-electron chi connectivity index (χ0n) is 49.2. The van der Waals surface area contributed by atoms with Crippen LogP contribution in [0.2, 0.25) is 0 Å². The van der Waals surface area contributed by atoms with Crippen LogP contribution >= 0.6 is 0 Å². The minimum atomic E-state index is -3.87. The van der Waals surface area contributed by atoms with Crippen molar-refractivity contribution in [1.82, 2.24) is 0 Å². The normalized spacial score (nSPS) is 12.5. The summed E-state index contributed by atoms with van der Waals surface area (Å²) in [6.45, 7) is 23.2. The number of carbonyl (C=O) groups excluding carboxylic acids is 4. The molecule has 0 aliphatic rings. The second-order valence-electron chi connectivity index (χ2n) is 23.9. The predicted octanol–water partition coefficient (Wildman–Crippen LogP) is 13.8. The lowest BCUT2D eigenvalue weighted by molar-refractivity contribution is -0.160. The van der Waals surface area contributed by atoms with Crippen molar-refractivity contribution >= 4 is 33.7 Å². The molecule has 0 fully saturated rings. The molecule has 0 amide bonds. The lowest BCUT2D eigenvalue weighted by atomic mass is 9.75. The van der Waals surface area contributed by atoms with Crippen molar-refractivity contribution in [3.05, 3.63) is 168 Å². The van der Waals surface area contributed by atoms with Gasteiger partial charge < -0.3 is 37.9 Å². The fourth-order valence-electron chi connectivity index (χ4n) is 9.69. The van der Waals surface area contributed by atoms with Crippen molar-refractivity contribution in [3.8, 4) is 34.5 Å². The summed E-state index contributed by atoms with van der Waals surface area (Å²) in [5, 5.41) is 0. The second-order valence-corrected chi connectivity index (χ2v) is 25.9. The van der Waals surface area contributed by atoms with Gasteiger partial charge in [0.2, 0.25) is 9.84 Å². The van der Waals surface area contributed by atoms with Crippen LogP contribution < -0.4 is 18.9 Å². The van der Waals surface area contributed by atoms with E-state index >= 15 is 0 Å². The Morgan fingerprint density at radius 2 is 0.568 bits per heavy atom. The Bertz CT molecular complexity index is 3000. The molecule has 0 saturated carbocycles. The summed E-state index contributed by atoms with van der Waals surface area (Å²) >= 11 is 0. The Morgan fingerprint density at radius 3 is 0.827 bits per heavy atom. The van der Waals surface area contributed by atoms with Gasteiger partial charge in [0, 0.05) is 25.0 Å². The van der Waals surface area contributed by atoms with Crippen molar-refractivity contribution in [3.63, 3.8) is 0 Å². The van der Waals surface area contributed by atoms with Gasteiger partial charge in [0.1, 0.15) is 47.7 Å². The van der Waals surface area contributed by atoms with E-state index in [0.29, 0.717) is 47.7 Å². The molecule has 0 aliphatic heterocycles. The first-order valence-electron chi connectivity index (χ1n) is 26.9. The molecule has 6 aromatic carbocycles. The number of ether oxygens (including phenoxy) is 8. The van der Waals surface area contributed by atoms with Gasteiger partial charge in [-0.15, -0.1) is 0 Å². The molecule has 15 heteroatoms. The van der Waals surface area contributed by atoms with Crippen LogP contribution in [0.1, 0.15) is 118 Å². The molecular weight excluding hydrogens is 1050 g/mol. The third-order valence-electron chi connectivity index (χ3n) is 14.5. The molecule has 0 aliphatic carbocycles. The quantitative estimate of drug-likeness (QED) is 0.0285. The van der Waals surface area contributed by atoms with Gasteiger partial charge in [-0.05, 0) is 188 Å². The van der Waals surface area contributed by atoms with Gasteiger partial charge in [0.25, 0.3) is 0 Å². The summed E-state index contributed by atoms with van der Waals surface area (Å²) in [5.74, 6) is 1.13. The molecule has 6 aromatic rings. The average Bonchev–Trinajstić information content (AvgIpc) is 3.58. The van der Waals surface area contributed by atoms with Gasteiger partial charge in [-0.25, -0.2) is 8.42 Å². The van der Waals surface area contributed by atoms with Crippen LogP contribution in [0, 0.1) is 21.7 Å². The molecule has 0 bridgehead atoms. The maximum atomic E-state index is 13.7. The molecule has 0 saturated heterocycles. The standard InChI is InChI=1S/C66H78O14S/c1-61(2,57(67)75-41-39-73-13)43-63(5,6)59(69)79-53-27-19-47(20-28-53)65(9,10)45-15-23-49(24-16-45)77-51-31-35-55(36-32-51)81(71,72)56-37-33-52(34-38-56)78-50-25-17-46(18-26-50)66(11,12)48-21-29-54(30-22-48)80-60(70)64(7,8)44-62(3,4)58(68)76-42-40-74-14/h15-38H,39-44H2,1-14H3. The topological polar surface area (TPSA) is 176 Å². The van der Waals surface area contributed by atoms with Gasteiger partial charge in [-0.2, -0.15) is 0 Å². The van der Waals surface area contributed by atoms with E-state index in [4.69, 9.17) is 37.9 Å². The lowest BCUT2D eigenvalue weighted by Gasteiger charge is -2.31. The Labute approximate surface area is 478 Å². The van der Waals surface area contributed by atoms with E-state index in [1.54, 1.807) is 104 Å². The number of hydrogen-bond acceptors (Lipinski definition) is 14. The molecule has 14 nitrogen and oxygen atoms in total. The minimum Gasteiger partial charge on any atom is -0.463 e. The van der Waals surface area contributed by atoms with Crippen LogP contribution in [-0.2, 0) is 58.8 Å². The maximum Gasteiger partial charge on any atom is 0.316 e. The zero-order chi connectivity index (χ0) is 59.6. The van der Waals surface area contributed by atoms with Crippen molar-refractivity contribution < 1.29 is 65.5 Å². The van der Waals surface area contributed by atoms with Crippen LogP contribution in [0.4, 0.5) is 0 Å². The summed E-state index contributed by atoms with van der Waals surface area (Å²) in [5.41, 5.74) is -0.623. The molecular formula is C66H78O14S. The first-order chi connectivity index (χ1) is 37.9. The summed E-state index contributed by atoms with van der Waals surface area (Å²) in [6.07, 6.45) is 0.449. The fraction of sp³-hybridized carbons (Fsp3) is 0.394. The van der Waals surface area contributed by atoms with Crippen molar-refractivity contribution in [2.24, 2.45) is 21.7 Å². The van der Waals surface area contributed by atoms with Gasteiger partial charge >= 0.3 is 23.9 Å². The van der Waals surface area contributed by atoms with Crippen LogP contribution in [0.3, 0.4) is 0 Å². The van der Waals surface area contributed by atoms with Crippen molar-refractivity contribution in [2.45, 2.75) is 117 Å². The van der Waals surface area contributed by atoms with E-state index < -0.39 is 66.2 Å². The monoisotopic (exact) mass is 1130 g/mol. The van der Waals surface area contributed by atoms with Crippen LogP contribution in [-0.4, -0.2) is 72.9 Å². The molecule has 0 unspecified atom stereocenters. The molecule has 81 heavy (non-hydrogen) atoms. The molecule has 0 radical (unpaired) electrons. The SMILES string of the molecule is COCCOC(=O)C(C)(C)CC(C)(C)C(=O)Oc1ccc(C(C)(C)c2ccc(Oc3ccc(S(=O)(=O)c4ccc(Oc5ccc(C(C)(C)c6ccc(OC(=O)C(C)(C)CC(C)(C)C(=O)OCCOC)cc6)cc5)cc4)cc3)cc2)cc1. The number of benzene rings is 6. The van der Waals surface area contributed by atoms with Crippen LogP contribution in [0.15, 0.2) is 155 Å². The molecule has 0 atom stereocenters. The molecule has 6 rings (SSSR count).